The van der Waals surface area contributed by atoms with E-state index < -0.39 is 0 Å². The van der Waals surface area contributed by atoms with E-state index in [1.165, 1.54) is 0 Å². The smallest absolute Gasteiger partial charge is 0.119 e. The topological polar surface area (TPSA) is 40.5 Å². The Kier molecular flexibility index (Phi) is 3.58. The van der Waals surface area contributed by atoms with E-state index in [4.69, 9.17) is 0 Å². The predicted octanol–water partition coefficient (Wildman–Crippen LogP) is 5.47. The number of aliphatic hydroxyl groups excluding tert-OH is 1. The molecule has 0 bridgehead atoms. The number of aromatic hydroxyl groups is 1. The van der Waals surface area contributed by atoms with E-state index >= 15 is 0 Å². The van der Waals surface area contributed by atoms with E-state index in [-0.39, 0.29) is 0 Å². The fraction of sp³-hybridized carbons (Fsp3) is 0.0909. The monoisotopic (exact) mass is 314 g/mol. The molecule has 0 radical (unpaired) electrons. The van der Waals surface area contributed by atoms with Crippen LogP contribution in [0.15, 0.2) is 72.0 Å². The first-order chi connectivity index (χ1) is 11.7. The number of hydrogen-bond donors (Lipinski definition) is 2. The minimum absolute atomic E-state index is 0.301. The number of benzene rings is 3. The van der Waals surface area contributed by atoms with Gasteiger partial charge in [0.15, 0.2) is 0 Å². The molecule has 0 spiro atoms. The molecule has 118 valence electrons. The van der Waals surface area contributed by atoms with Crippen LogP contribution in [0.25, 0.3) is 22.9 Å². The highest BCUT2D eigenvalue weighted by Gasteiger charge is 2.13. The maximum atomic E-state index is 10.4. The van der Waals surface area contributed by atoms with Crippen molar-refractivity contribution in [2.75, 3.05) is 0 Å². The third-order valence-corrected chi connectivity index (χ3v) is 4.51. The quantitative estimate of drug-likeness (QED) is 0.658. The van der Waals surface area contributed by atoms with Crippen LogP contribution in [0.3, 0.4) is 0 Å². The van der Waals surface area contributed by atoms with Crippen LogP contribution in [0, 0.1) is 0 Å². The molecule has 0 amide bonds. The molecular weight excluding hydrogens is 296 g/mol. The molecule has 3 aromatic rings. The van der Waals surface area contributed by atoms with Crippen LogP contribution in [-0.4, -0.2) is 10.2 Å². The van der Waals surface area contributed by atoms with Gasteiger partial charge in [-0.1, -0.05) is 66.2 Å². The van der Waals surface area contributed by atoms with Gasteiger partial charge >= 0.3 is 0 Å². The summed E-state index contributed by atoms with van der Waals surface area (Å²) in [5.41, 5.74) is 4.11. The minimum Gasteiger partial charge on any atom is -0.512 e. The largest absolute Gasteiger partial charge is 0.512 e. The average molecular weight is 314 g/mol. The van der Waals surface area contributed by atoms with Crippen LogP contribution < -0.4 is 0 Å². The molecule has 24 heavy (non-hydrogen) atoms. The first kappa shape index (κ1) is 14.6. The second-order valence-corrected chi connectivity index (χ2v) is 6.21. The second kappa shape index (κ2) is 5.89. The van der Waals surface area contributed by atoms with Gasteiger partial charge in [-0.2, -0.15) is 0 Å². The van der Waals surface area contributed by atoms with Crippen LogP contribution in [-0.2, 0) is 6.42 Å². The lowest BCUT2D eigenvalue weighted by molar-refractivity contribution is 0.403. The number of allylic oxidation sites excluding steroid dienone is 1. The van der Waals surface area contributed by atoms with Crippen LogP contribution in [0.2, 0.25) is 0 Å². The zero-order valence-corrected chi connectivity index (χ0v) is 13.2. The summed E-state index contributed by atoms with van der Waals surface area (Å²) in [5.74, 6) is 0.654. The first-order valence-corrected chi connectivity index (χ1v) is 8.08. The van der Waals surface area contributed by atoms with Gasteiger partial charge in [-0.05, 0) is 40.5 Å². The Morgan fingerprint density at radius 3 is 2.29 bits per heavy atom. The highest BCUT2D eigenvalue weighted by molar-refractivity contribution is 5.88. The molecule has 0 saturated heterocycles. The number of aliphatic hydroxyl groups is 1. The van der Waals surface area contributed by atoms with E-state index in [9.17, 15) is 10.2 Å². The molecule has 3 aromatic carbocycles. The molecular formula is C22H18O2. The fourth-order valence-electron chi connectivity index (χ4n) is 3.36. The number of phenols is 1. The van der Waals surface area contributed by atoms with E-state index in [0.29, 0.717) is 24.4 Å². The molecule has 0 atom stereocenters. The summed E-state index contributed by atoms with van der Waals surface area (Å²) in [4.78, 5) is 0. The van der Waals surface area contributed by atoms with Crippen LogP contribution >= 0.6 is 0 Å². The van der Waals surface area contributed by atoms with Gasteiger partial charge in [-0.25, -0.2) is 0 Å². The van der Waals surface area contributed by atoms with E-state index in [0.717, 1.165) is 33.0 Å². The lowest BCUT2D eigenvalue weighted by Crippen LogP contribution is -1.94. The van der Waals surface area contributed by atoms with Crippen molar-refractivity contribution < 1.29 is 10.2 Å². The van der Waals surface area contributed by atoms with Crippen LogP contribution in [0.1, 0.15) is 23.1 Å². The van der Waals surface area contributed by atoms with E-state index in [1.54, 1.807) is 6.07 Å². The zero-order chi connectivity index (χ0) is 16.5. The van der Waals surface area contributed by atoms with Crippen molar-refractivity contribution in [1.29, 1.82) is 0 Å². The van der Waals surface area contributed by atoms with Gasteiger partial charge in [0.25, 0.3) is 0 Å². The van der Waals surface area contributed by atoms with Crippen molar-refractivity contribution in [3.8, 4) is 5.75 Å². The van der Waals surface area contributed by atoms with Gasteiger partial charge < -0.3 is 10.2 Å². The lowest BCUT2D eigenvalue weighted by atomic mass is 9.95. The number of phenolic OH excluding ortho intramolecular Hbond substituents is 1. The maximum absolute atomic E-state index is 10.4. The van der Waals surface area contributed by atoms with Gasteiger partial charge in [-0.3, -0.25) is 0 Å². The molecule has 0 aliphatic heterocycles. The number of rotatable bonds is 2. The van der Waals surface area contributed by atoms with Crippen LogP contribution in [0.4, 0.5) is 0 Å². The molecule has 0 saturated carbocycles. The molecule has 0 unspecified atom stereocenters. The van der Waals surface area contributed by atoms with E-state index in [2.05, 4.69) is 6.08 Å². The molecule has 2 N–H and O–H groups in total. The molecule has 2 heteroatoms. The highest BCUT2D eigenvalue weighted by Crippen LogP contribution is 2.33. The normalized spacial score (nSPS) is 13.8. The summed E-state index contributed by atoms with van der Waals surface area (Å²) in [6, 6.07) is 19.8. The summed E-state index contributed by atoms with van der Waals surface area (Å²) < 4.78 is 0. The average Bonchev–Trinajstić information content (AvgIpc) is 2.75. The third-order valence-electron chi connectivity index (χ3n) is 4.51. The van der Waals surface area contributed by atoms with Gasteiger partial charge in [0.1, 0.15) is 5.75 Å². The SMILES string of the molecule is OC1=Cc2ccccc2C=C(Cc2c(O)ccc3ccccc23)C1. The van der Waals surface area contributed by atoms with Gasteiger partial charge in [0.2, 0.25) is 0 Å². The summed E-state index contributed by atoms with van der Waals surface area (Å²) in [6.07, 6.45) is 5.05. The van der Waals surface area contributed by atoms with Crippen molar-refractivity contribution in [2.45, 2.75) is 12.8 Å². The number of fused-ring (bicyclic) bond motifs is 2. The second-order valence-electron chi connectivity index (χ2n) is 6.21. The molecule has 0 fully saturated rings. The van der Waals surface area contributed by atoms with Crippen molar-refractivity contribution in [3.63, 3.8) is 0 Å². The summed E-state index contributed by atoms with van der Waals surface area (Å²) >= 11 is 0. The van der Waals surface area contributed by atoms with Crippen molar-refractivity contribution in [1.82, 2.24) is 0 Å². The lowest BCUT2D eigenvalue weighted by Gasteiger charge is -2.12. The Morgan fingerprint density at radius 2 is 1.46 bits per heavy atom. The van der Waals surface area contributed by atoms with E-state index in [1.807, 2.05) is 60.7 Å². The fourth-order valence-corrected chi connectivity index (χ4v) is 3.36. The third kappa shape index (κ3) is 2.67. The van der Waals surface area contributed by atoms with Gasteiger partial charge in [-0.15, -0.1) is 0 Å². The molecule has 0 aromatic heterocycles. The predicted molar refractivity (Wildman–Crippen MR) is 99.0 cm³/mol. The molecule has 0 heterocycles. The van der Waals surface area contributed by atoms with Crippen molar-refractivity contribution in [3.05, 3.63) is 88.7 Å². The number of hydrogen-bond acceptors (Lipinski definition) is 2. The standard InChI is InChI=1S/C22H18O2/c23-19-12-15(11-17-6-1-2-7-18(17)14-19)13-21-20-8-4-3-5-16(20)9-10-22(21)24/h1-11,14,23-24H,12-13H2. The Hall–Kier alpha value is -3.00. The van der Waals surface area contributed by atoms with Crippen LogP contribution in [0.5, 0.6) is 5.75 Å². The molecule has 2 nitrogen and oxygen atoms in total. The maximum Gasteiger partial charge on any atom is 0.119 e. The zero-order valence-electron chi connectivity index (χ0n) is 13.2. The summed E-state index contributed by atoms with van der Waals surface area (Å²) in [7, 11) is 0. The van der Waals surface area contributed by atoms with Gasteiger partial charge in [0.05, 0.1) is 5.76 Å². The Morgan fingerprint density at radius 1 is 0.750 bits per heavy atom. The Bertz CT molecular complexity index is 980. The Labute approximate surface area is 141 Å². The molecule has 4 rings (SSSR count). The van der Waals surface area contributed by atoms with Crippen molar-refractivity contribution >= 4 is 22.9 Å². The van der Waals surface area contributed by atoms with Crippen molar-refractivity contribution in [2.24, 2.45) is 0 Å². The summed E-state index contributed by atoms with van der Waals surface area (Å²) in [5, 5.41) is 22.8. The highest BCUT2D eigenvalue weighted by atomic mass is 16.3. The molecule has 1 aliphatic carbocycles. The first-order valence-electron chi connectivity index (χ1n) is 8.08. The van der Waals surface area contributed by atoms with Gasteiger partial charge in [0, 0.05) is 12.0 Å². The summed E-state index contributed by atoms with van der Waals surface area (Å²) in [6.45, 7) is 0. The molecule has 1 aliphatic rings. The Balaban J connectivity index is 1.81. The minimum atomic E-state index is 0.301.